The summed E-state index contributed by atoms with van der Waals surface area (Å²) in [5, 5.41) is 3.22. The van der Waals surface area contributed by atoms with Crippen molar-refractivity contribution in [2.75, 3.05) is 38.1 Å². The zero-order valence-electron chi connectivity index (χ0n) is 15.1. The van der Waals surface area contributed by atoms with Crippen LogP contribution < -0.4 is 5.32 Å². The van der Waals surface area contributed by atoms with Gasteiger partial charge in [0, 0.05) is 12.2 Å². The minimum absolute atomic E-state index is 0.191. The molecule has 0 saturated heterocycles. The number of rotatable bonds is 11. The summed E-state index contributed by atoms with van der Waals surface area (Å²) in [7, 11) is 0. The summed E-state index contributed by atoms with van der Waals surface area (Å²) in [5.74, 6) is 0.362. The molecule has 0 amide bonds. The first-order valence-electron chi connectivity index (χ1n) is 8.76. The van der Waals surface area contributed by atoms with Gasteiger partial charge in [-0.1, -0.05) is 45.9 Å². The lowest BCUT2D eigenvalue weighted by molar-refractivity contribution is -0.141. The Morgan fingerprint density at radius 1 is 1.22 bits per heavy atom. The molecule has 1 rings (SSSR count). The Labute approximate surface area is 141 Å². The number of carbonyl (C=O) groups excluding carboxylic acids is 1. The van der Waals surface area contributed by atoms with Crippen molar-refractivity contribution in [1.82, 2.24) is 4.90 Å². The Hall–Kier alpha value is -1.55. The smallest absolute Gasteiger partial charge is 0.325 e. The molecule has 23 heavy (non-hydrogen) atoms. The molecule has 4 nitrogen and oxygen atoms in total. The highest BCUT2D eigenvalue weighted by atomic mass is 16.5. The number of esters is 1. The van der Waals surface area contributed by atoms with E-state index in [2.05, 4.69) is 44.0 Å². The number of likely N-dealkylation sites (N-methyl/N-ethyl adjacent to an activating group) is 1. The second-order valence-electron chi connectivity index (χ2n) is 6.19. The van der Waals surface area contributed by atoms with Crippen LogP contribution in [0.15, 0.2) is 24.3 Å². The number of benzene rings is 1. The van der Waals surface area contributed by atoms with Gasteiger partial charge in [0.2, 0.25) is 0 Å². The van der Waals surface area contributed by atoms with E-state index in [-0.39, 0.29) is 12.5 Å². The third kappa shape index (κ3) is 8.03. The maximum atomic E-state index is 11.8. The Kier molecular flexibility index (Phi) is 9.37. The maximum absolute atomic E-state index is 11.8. The van der Waals surface area contributed by atoms with Gasteiger partial charge in [0.05, 0.1) is 6.61 Å². The van der Waals surface area contributed by atoms with Crippen LogP contribution >= 0.6 is 0 Å². The predicted octanol–water partition coefficient (Wildman–Crippen LogP) is 3.57. The fourth-order valence-corrected chi connectivity index (χ4v) is 2.36. The van der Waals surface area contributed by atoms with Crippen LogP contribution in [0.5, 0.6) is 0 Å². The molecule has 0 bridgehead atoms. The van der Waals surface area contributed by atoms with Gasteiger partial charge >= 0.3 is 5.97 Å². The second-order valence-corrected chi connectivity index (χ2v) is 6.19. The molecule has 0 unspecified atom stereocenters. The number of para-hydroxylation sites is 1. The van der Waals surface area contributed by atoms with Crippen molar-refractivity contribution < 1.29 is 9.53 Å². The first kappa shape index (κ1) is 19.5. The molecule has 0 heterocycles. The highest BCUT2D eigenvalue weighted by Crippen LogP contribution is 2.16. The molecule has 0 saturated carbocycles. The summed E-state index contributed by atoms with van der Waals surface area (Å²) in [6.07, 6.45) is 1.89. The van der Waals surface area contributed by atoms with E-state index >= 15 is 0 Å². The van der Waals surface area contributed by atoms with Gasteiger partial charge in [-0.3, -0.25) is 4.79 Å². The Balaban J connectivity index is 2.45. The summed E-state index contributed by atoms with van der Waals surface area (Å²) in [5.41, 5.74) is 2.27. The van der Waals surface area contributed by atoms with E-state index in [1.807, 2.05) is 18.2 Å². The second kappa shape index (κ2) is 11.1. The Morgan fingerprint density at radius 2 is 1.91 bits per heavy atom. The van der Waals surface area contributed by atoms with Crippen LogP contribution in [0.25, 0.3) is 0 Å². The van der Waals surface area contributed by atoms with E-state index in [9.17, 15) is 4.79 Å². The Bertz CT molecular complexity index is 456. The number of carbonyl (C=O) groups is 1. The molecule has 130 valence electrons. The van der Waals surface area contributed by atoms with E-state index in [1.165, 1.54) is 5.56 Å². The molecule has 1 N–H and O–H groups in total. The van der Waals surface area contributed by atoms with Crippen molar-refractivity contribution in [3.05, 3.63) is 29.8 Å². The SMILES string of the molecule is CCN(CC)CCc1ccccc1NCC(=O)OCCC(C)C. The molecule has 1 aromatic carbocycles. The van der Waals surface area contributed by atoms with E-state index < -0.39 is 0 Å². The van der Waals surface area contributed by atoms with Crippen molar-refractivity contribution >= 4 is 11.7 Å². The number of hydrogen-bond donors (Lipinski definition) is 1. The molecule has 1 aromatic rings. The first-order valence-corrected chi connectivity index (χ1v) is 8.76. The third-order valence-electron chi connectivity index (χ3n) is 3.99. The van der Waals surface area contributed by atoms with Crippen LogP contribution in [0, 0.1) is 5.92 Å². The number of nitrogens with zero attached hydrogens (tertiary/aromatic N) is 1. The quantitative estimate of drug-likeness (QED) is 0.633. The summed E-state index contributed by atoms with van der Waals surface area (Å²) in [4.78, 5) is 14.2. The van der Waals surface area contributed by atoms with Crippen LogP contribution in [0.2, 0.25) is 0 Å². The minimum atomic E-state index is -0.191. The van der Waals surface area contributed by atoms with Gasteiger partial charge in [-0.05, 0) is 43.5 Å². The molecule has 0 aliphatic rings. The topological polar surface area (TPSA) is 41.6 Å². The molecular weight excluding hydrogens is 288 g/mol. The van der Waals surface area contributed by atoms with Crippen molar-refractivity contribution in [3.8, 4) is 0 Å². The number of nitrogens with one attached hydrogen (secondary N) is 1. The number of anilines is 1. The maximum Gasteiger partial charge on any atom is 0.325 e. The summed E-state index contributed by atoms with van der Waals surface area (Å²) >= 11 is 0. The molecule has 0 aliphatic carbocycles. The molecule has 0 spiro atoms. The van der Waals surface area contributed by atoms with Crippen LogP contribution in [0.4, 0.5) is 5.69 Å². The van der Waals surface area contributed by atoms with Crippen LogP contribution in [-0.2, 0) is 16.0 Å². The fourth-order valence-electron chi connectivity index (χ4n) is 2.36. The van der Waals surface area contributed by atoms with E-state index in [4.69, 9.17) is 4.74 Å². The van der Waals surface area contributed by atoms with Crippen molar-refractivity contribution in [2.24, 2.45) is 5.92 Å². The highest BCUT2D eigenvalue weighted by molar-refractivity contribution is 5.75. The Morgan fingerprint density at radius 3 is 2.57 bits per heavy atom. The van der Waals surface area contributed by atoms with Gasteiger partial charge in [0.1, 0.15) is 6.54 Å². The van der Waals surface area contributed by atoms with Gasteiger partial charge in [-0.25, -0.2) is 0 Å². The zero-order valence-corrected chi connectivity index (χ0v) is 15.1. The largest absolute Gasteiger partial charge is 0.464 e. The van der Waals surface area contributed by atoms with Gasteiger partial charge in [0.15, 0.2) is 0 Å². The van der Waals surface area contributed by atoms with Crippen LogP contribution in [0.1, 0.15) is 39.7 Å². The van der Waals surface area contributed by atoms with Crippen molar-refractivity contribution in [2.45, 2.75) is 40.5 Å². The lowest BCUT2D eigenvalue weighted by atomic mass is 10.1. The third-order valence-corrected chi connectivity index (χ3v) is 3.99. The molecule has 0 aromatic heterocycles. The molecule has 0 aliphatic heterocycles. The van der Waals surface area contributed by atoms with E-state index in [0.717, 1.165) is 38.2 Å². The lowest BCUT2D eigenvalue weighted by Gasteiger charge is -2.19. The van der Waals surface area contributed by atoms with Gasteiger partial charge < -0.3 is 15.0 Å². The monoisotopic (exact) mass is 320 g/mol. The number of ether oxygens (including phenoxy) is 1. The molecular formula is C19H32N2O2. The van der Waals surface area contributed by atoms with Crippen molar-refractivity contribution in [1.29, 1.82) is 0 Å². The van der Waals surface area contributed by atoms with Gasteiger partial charge in [-0.15, -0.1) is 0 Å². The molecule has 4 heteroatoms. The average molecular weight is 320 g/mol. The standard InChI is InChI=1S/C19H32N2O2/c1-5-21(6-2)13-11-17-9-7-8-10-18(17)20-15-19(22)23-14-12-16(3)4/h7-10,16,20H,5-6,11-15H2,1-4H3. The predicted molar refractivity (Wildman–Crippen MR) is 96.8 cm³/mol. The highest BCUT2D eigenvalue weighted by Gasteiger charge is 2.07. The normalized spacial score (nSPS) is 11.0. The van der Waals surface area contributed by atoms with E-state index in [1.54, 1.807) is 0 Å². The molecule has 0 atom stereocenters. The van der Waals surface area contributed by atoms with E-state index in [0.29, 0.717) is 12.5 Å². The zero-order chi connectivity index (χ0) is 17.1. The van der Waals surface area contributed by atoms with Gasteiger partial charge in [-0.2, -0.15) is 0 Å². The average Bonchev–Trinajstić information content (AvgIpc) is 2.54. The van der Waals surface area contributed by atoms with Crippen molar-refractivity contribution in [3.63, 3.8) is 0 Å². The lowest BCUT2D eigenvalue weighted by Crippen LogP contribution is -2.25. The van der Waals surface area contributed by atoms with Gasteiger partial charge in [0.25, 0.3) is 0 Å². The van der Waals surface area contributed by atoms with Crippen LogP contribution in [-0.4, -0.2) is 43.7 Å². The minimum Gasteiger partial charge on any atom is -0.464 e. The first-order chi connectivity index (χ1) is 11.1. The summed E-state index contributed by atoms with van der Waals surface area (Å²) in [6, 6.07) is 8.19. The summed E-state index contributed by atoms with van der Waals surface area (Å²) < 4.78 is 5.24. The number of hydrogen-bond acceptors (Lipinski definition) is 4. The molecule has 0 fully saturated rings. The fraction of sp³-hybridized carbons (Fsp3) is 0.632. The summed E-state index contributed by atoms with van der Waals surface area (Å²) in [6.45, 7) is 12.5. The molecule has 0 radical (unpaired) electrons. The van der Waals surface area contributed by atoms with Crippen LogP contribution in [0.3, 0.4) is 0 Å².